The van der Waals surface area contributed by atoms with Gasteiger partial charge in [-0.2, -0.15) is 4.39 Å². The number of ether oxygens (including phenoxy) is 4. The molecule has 0 saturated heterocycles. The molecule has 0 spiro atoms. The quantitative estimate of drug-likeness (QED) is 0.183. The summed E-state index contributed by atoms with van der Waals surface area (Å²) < 4.78 is 33.4. The summed E-state index contributed by atoms with van der Waals surface area (Å²) in [7, 11) is 0. The van der Waals surface area contributed by atoms with Gasteiger partial charge < -0.3 is 24.1 Å². The highest BCUT2D eigenvalue weighted by atomic mass is 19.1. The Kier molecular flexibility index (Phi) is 8.77. The third-order valence-corrected chi connectivity index (χ3v) is 4.76. The highest BCUT2D eigenvalue weighted by molar-refractivity contribution is 5.92. The van der Waals surface area contributed by atoms with Gasteiger partial charge in [0.2, 0.25) is 5.83 Å². The van der Waals surface area contributed by atoms with E-state index in [1.807, 2.05) is 0 Å². The Morgan fingerprint density at radius 3 is 2.03 bits per heavy atom. The first-order chi connectivity index (χ1) is 17.2. The maximum atomic E-state index is 12.5. The molecule has 3 aromatic carbocycles. The lowest BCUT2D eigenvalue weighted by molar-refractivity contribution is -0.140. The molecule has 0 radical (unpaired) electrons. The van der Waals surface area contributed by atoms with Crippen LogP contribution in [0.25, 0.3) is 0 Å². The number of rotatable bonds is 10. The molecule has 0 aliphatic carbocycles. The first kappa shape index (κ1) is 26.0. The van der Waals surface area contributed by atoms with E-state index in [4.69, 9.17) is 14.2 Å². The van der Waals surface area contributed by atoms with Crippen LogP contribution in [0.5, 0.6) is 23.0 Å². The molecule has 0 saturated carbocycles. The van der Waals surface area contributed by atoms with Gasteiger partial charge >= 0.3 is 17.9 Å². The Balaban J connectivity index is 1.50. The van der Waals surface area contributed by atoms with Gasteiger partial charge in [-0.3, -0.25) is 0 Å². The van der Waals surface area contributed by atoms with Crippen LogP contribution in [0.2, 0.25) is 0 Å². The second-order valence-electron chi connectivity index (χ2n) is 7.52. The highest BCUT2D eigenvalue weighted by Crippen LogP contribution is 2.25. The van der Waals surface area contributed by atoms with Gasteiger partial charge in [0.25, 0.3) is 0 Å². The molecule has 0 aromatic heterocycles. The third-order valence-electron chi connectivity index (χ3n) is 4.76. The Morgan fingerprint density at radius 1 is 0.833 bits per heavy atom. The number of carbonyl (C=O) groups excluding carboxylic acids is 3. The van der Waals surface area contributed by atoms with Gasteiger partial charge in [0.05, 0.1) is 24.3 Å². The lowest BCUT2D eigenvalue weighted by Crippen LogP contribution is -2.11. The molecule has 3 aromatic rings. The smallest absolute Gasteiger partial charge is 0.366 e. The highest BCUT2D eigenvalue weighted by Gasteiger charge is 2.14. The molecule has 0 atom stereocenters. The van der Waals surface area contributed by atoms with E-state index >= 15 is 0 Å². The fourth-order valence-corrected chi connectivity index (χ4v) is 2.90. The van der Waals surface area contributed by atoms with Gasteiger partial charge in [-0.05, 0) is 79.2 Å². The minimum atomic E-state index is -1.15. The Labute approximate surface area is 206 Å². The molecule has 8 nitrogen and oxygen atoms in total. The van der Waals surface area contributed by atoms with Crippen molar-refractivity contribution in [1.29, 1.82) is 0 Å². The second-order valence-corrected chi connectivity index (χ2v) is 7.52. The topological polar surface area (TPSA) is 108 Å². The van der Waals surface area contributed by atoms with Gasteiger partial charge in [0.15, 0.2) is 0 Å². The summed E-state index contributed by atoms with van der Waals surface area (Å²) in [6.07, 6.45) is 0.350. The summed E-state index contributed by atoms with van der Waals surface area (Å²) in [6, 6.07) is 16.5. The van der Waals surface area contributed by atoms with E-state index in [2.05, 4.69) is 11.3 Å². The summed E-state index contributed by atoms with van der Waals surface area (Å²) in [4.78, 5) is 35.7. The Bertz CT molecular complexity index is 1250. The van der Waals surface area contributed by atoms with E-state index < -0.39 is 23.7 Å². The predicted octanol–water partition coefficient (Wildman–Crippen LogP) is 4.93. The van der Waals surface area contributed by atoms with E-state index in [0.29, 0.717) is 29.0 Å². The van der Waals surface area contributed by atoms with Crippen molar-refractivity contribution in [3.8, 4) is 23.0 Å². The molecule has 1 N–H and O–H groups in total. The fraction of sp³-hybridized carbons (Fsp3) is 0.148. The molecule has 3 rings (SSSR count). The molecule has 0 fully saturated rings. The average molecular weight is 494 g/mol. The standard InChI is InChI=1S/C27H23FO8/c1-17-16-23(35-26(31)19-4-8-21(29)9-5-19)12-13-24(17)36-27(32)20-6-10-22(11-7-20)33-14-3-15-34-25(30)18(2)28/h4-13,16,29H,2-3,14-15H2,1H3. The minimum absolute atomic E-state index is 0.0136. The van der Waals surface area contributed by atoms with Crippen molar-refractivity contribution >= 4 is 17.9 Å². The lowest BCUT2D eigenvalue weighted by atomic mass is 10.2. The Hall–Kier alpha value is -4.66. The summed E-state index contributed by atoms with van der Waals surface area (Å²) in [5.41, 5.74) is 1.15. The van der Waals surface area contributed by atoms with Crippen molar-refractivity contribution < 1.29 is 42.8 Å². The monoisotopic (exact) mass is 494 g/mol. The van der Waals surface area contributed by atoms with Crippen LogP contribution in [-0.2, 0) is 9.53 Å². The molecule has 0 unspecified atom stereocenters. The zero-order valence-electron chi connectivity index (χ0n) is 19.4. The molecule has 186 valence electrons. The molecule has 36 heavy (non-hydrogen) atoms. The average Bonchev–Trinajstić information content (AvgIpc) is 2.86. The van der Waals surface area contributed by atoms with Crippen LogP contribution in [0.1, 0.15) is 32.7 Å². The summed E-state index contributed by atoms with van der Waals surface area (Å²) in [6.45, 7) is 4.76. The zero-order valence-corrected chi connectivity index (χ0v) is 19.4. The van der Waals surface area contributed by atoms with Crippen molar-refractivity contribution in [3.05, 3.63) is 95.8 Å². The SMILES string of the molecule is C=C(F)C(=O)OCCCOc1ccc(C(=O)Oc2ccc(OC(=O)c3ccc(O)cc3)cc2C)cc1. The maximum Gasteiger partial charge on any atom is 0.366 e. The number of phenolic OH excluding ortho intramolecular Hbond substituents is 1. The lowest BCUT2D eigenvalue weighted by Gasteiger charge is -2.11. The number of phenols is 1. The number of benzene rings is 3. The number of hydrogen-bond acceptors (Lipinski definition) is 8. The van der Waals surface area contributed by atoms with Gasteiger partial charge in [-0.25, -0.2) is 14.4 Å². The van der Waals surface area contributed by atoms with Crippen LogP contribution in [0, 0.1) is 6.92 Å². The van der Waals surface area contributed by atoms with Crippen LogP contribution >= 0.6 is 0 Å². The molecule has 9 heteroatoms. The first-order valence-electron chi connectivity index (χ1n) is 10.8. The molecule has 0 amide bonds. The van der Waals surface area contributed by atoms with E-state index in [-0.39, 0.29) is 30.3 Å². The molecule has 0 bridgehead atoms. The predicted molar refractivity (Wildman–Crippen MR) is 127 cm³/mol. The normalized spacial score (nSPS) is 10.3. The van der Waals surface area contributed by atoms with E-state index in [1.54, 1.807) is 25.1 Å². The number of aromatic hydroxyl groups is 1. The zero-order chi connectivity index (χ0) is 26.1. The molecule has 0 aliphatic rings. The molecule has 0 aliphatic heterocycles. The van der Waals surface area contributed by atoms with Crippen molar-refractivity contribution in [1.82, 2.24) is 0 Å². The summed E-state index contributed by atoms with van der Waals surface area (Å²) in [5, 5.41) is 9.32. The molecular formula is C27H23FO8. The number of hydrogen-bond donors (Lipinski definition) is 1. The van der Waals surface area contributed by atoms with Crippen molar-refractivity contribution in [2.75, 3.05) is 13.2 Å². The summed E-state index contributed by atoms with van der Waals surface area (Å²) >= 11 is 0. The van der Waals surface area contributed by atoms with Crippen LogP contribution in [0.15, 0.2) is 79.1 Å². The van der Waals surface area contributed by atoms with Crippen molar-refractivity contribution in [3.63, 3.8) is 0 Å². The van der Waals surface area contributed by atoms with Crippen molar-refractivity contribution in [2.24, 2.45) is 0 Å². The van der Waals surface area contributed by atoms with E-state index in [1.165, 1.54) is 48.5 Å². The molecular weight excluding hydrogens is 471 g/mol. The van der Waals surface area contributed by atoms with Gasteiger partial charge in [0, 0.05) is 6.42 Å². The summed E-state index contributed by atoms with van der Waals surface area (Å²) in [5.74, 6) is -2.32. The van der Waals surface area contributed by atoms with Crippen LogP contribution < -0.4 is 14.2 Å². The third kappa shape index (κ3) is 7.42. The van der Waals surface area contributed by atoms with E-state index in [9.17, 15) is 23.9 Å². The van der Waals surface area contributed by atoms with Crippen LogP contribution in [-0.4, -0.2) is 36.2 Å². The number of halogens is 1. The largest absolute Gasteiger partial charge is 0.508 e. The van der Waals surface area contributed by atoms with E-state index in [0.717, 1.165) is 0 Å². The molecule has 0 heterocycles. The minimum Gasteiger partial charge on any atom is -0.508 e. The van der Waals surface area contributed by atoms with Gasteiger partial charge in [-0.15, -0.1) is 0 Å². The first-order valence-corrected chi connectivity index (χ1v) is 10.8. The van der Waals surface area contributed by atoms with Crippen molar-refractivity contribution in [2.45, 2.75) is 13.3 Å². The van der Waals surface area contributed by atoms with Gasteiger partial charge in [-0.1, -0.05) is 6.58 Å². The van der Waals surface area contributed by atoms with Crippen LogP contribution in [0.3, 0.4) is 0 Å². The van der Waals surface area contributed by atoms with Crippen LogP contribution in [0.4, 0.5) is 4.39 Å². The number of aryl methyl sites for hydroxylation is 1. The number of carbonyl (C=O) groups is 3. The number of esters is 3. The second kappa shape index (κ2) is 12.2. The fourth-order valence-electron chi connectivity index (χ4n) is 2.90. The van der Waals surface area contributed by atoms with Gasteiger partial charge in [0.1, 0.15) is 23.0 Å². The maximum absolute atomic E-state index is 12.5. The Morgan fingerprint density at radius 2 is 1.42 bits per heavy atom.